The van der Waals surface area contributed by atoms with Gasteiger partial charge in [0.05, 0.1) is 35.2 Å². The Kier molecular flexibility index (Phi) is 5.78. The first-order valence-corrected chi connectivity index (χ1v) is 9.42. The van der Waals surface area contributed by atoms with Gasteiger partial charge in [-0.25, -0.2) is 4.98 Å². The minimum atomic E-state index is 0.760. The molecule has 0 amide bonds. The molecule has 3 rings (SSSR count). The molecule has 0 radical (unpaired) electrons. The third-order valence-corrected chi connectivity index (χ3v) is 4.81. The fraction of sp³-hybridized carbons (Fsp3) is 0.250. The second-order valence-electron chi connectivity index (χ2n) is 7.16. The second-order valence-corrected chi connectivity index (χ2v) is 7.16. The smallest absolute Gasteiger partial charge is 0.103 e. The van der Waals surface area contributed by atoms with Crippen molar-refractivity contribution in [3.8, 4) is 0 Å². The predicted molar refractivity (Wildman–Crippen MR) is 118 cm³/mol. The first-order chi connectivity index (χ1) is 13.4. The van der Waals surface area contributed by atoms with E-state index in [0.29, 0.717) is 0 Å². The lowest BCUT2D eigenvalue weighted by Crippen LogP contribution is -2.06. The fourth-order valence-corrected chi connectivity index (χ4v) is 3.13. The van der Waals surface area contributed by atoms with Gasteiger partial charge in [0.25, 0.3) is 0 Å². The van der Waals surface area contributed by atoms with Crippen LogP contribution in [-0.4, -0.2) is 21.4 Å². The second kappa shape index (κ2) is 8.26. The number of benzene rings is 2. The van der Waals surface area contributed by atoms with E-state index in [1.54, 1.807) is 12.4 Å². The normalized spacial score (nSPS) is 12.4. The Hall–Kier alpha value is -3.14. The number of aliphatic imine (C=N–C) groups is 2. The van der Waals surface area contributed by atoms with E-state index in [-0.39, 0.29) is 0 Å². The van der Waals surface area contributed by atoms with Gasteiger partial charge in [0, 0.05) is 0 Å². The van der Waals surface area contributed by atoms with Gasteiger partial charge >= 0.3 is 0 Å². The third-order valence-electron chi connectivity index (χ3n) is 4.81. The summed E-state index contributed by atoms with van der Waals surface area (Å²) in [4.78, 5) is 18.8. The van der Waals surface area contributed by atoms with Crippen molar-refractivity contribution in [2.24, 2.45) is 9.98 Å². The Morgan fingerprint density at radius 3 is 1.36 bits per heavy atom. The molecule has 0 N–H and O–H groups in total. The van der Waals surface area contributed by atoms with Crippen LogP contribution in [0.15, 0.2) is 58.8 Å². The number of hydrogen-bond donors (Lipinski definition) is 0. The van der Waals surface area contributed by atoms with E-state index >= 15 is 0 Å². The van der Waals surface area contributed by atoms with E-state index < -0.39 is 0 Å². The molecule has 0 aliphatic rings. The van der Waals surface area contributed by atoms with E-state index in [1.165, 1.54) is 0 Å². The van der Waals surface area contributed by atoms with Gasteiger partial charge in [0.15, 0.2) is 0 Å². The van der Waals surface area contributed by atoms with Gasteiger partial charge in [-0.3, -0.25) is 15.0 Å². The molecule has 0 aliphatic heterocycles. The quantitative estimate of drug-likeness (QED) is 0.530. The number of rotatable bonds is 4. The van der Waals surface area contributed by atoms with Crippen LogP contribution in [0.1, 0.15) is 47.5 Å². The molecule has 1 aromatic heterocycles. The van der Waals surface area contributed by atoms with Gasteiger partial charge in [-0.2, -0.15) is 0 Å². The van der Waals surface area contributed by atoms with Crippen LogP contribution >= 0.6 is 0 Å². The Labute approximate surface area is 167 Å². The molecule has 3 aromatic rings. The summed E-state index contributed by atoms with van der Waals surface area (Å²) >= 11 is 0. The lowest BCUT2D eigenvalue weighted by Gasteiger charge is -2.08. The van der Waals surface area contributed by atoms with E-state index in [9.17, 15) is 0 Å². The van der Waals surface area contributed by atoms with Crippen molar-refractivity contribution in [1.29, 1.82) is 0 Å². The Balaban J connectivity index is 1.98. The molecule has 4 nitrogen and oxygen atoms in total. The molecule has 4 heteroatoms. The van der Waals surface area contributed by atoms with E-state index in [4.69, 9.17) is 15.0 Å². The van der Waals surface area contributed by atoms with Gasteiger partial charge in [0.2, 0.25) is 0 Å². The summed E-state index contributed by atoms with van der Waals surface area (Å²) in [6, 6.07) is 12.4. The molecule has 2 aromatic carbocycles. The molecule has 0 saturated carbocycles. The van der Waals surface area contributed by atoms with Crippen LogP contribution in [-0.2, 0) is 0 Å². The summed E-state index contributed by atoms with van der Waals surface area (Å²) in [6.45, 7) is 12.2. The first-order valence-electron chi connectivity index (χ1n) is 9.42. The van der Waals surface area contributed by atoms with Crippen molar-refractivity contribution < 1.29 is 0 Å². The van der Waals surface area contributed by atoms with Crippen molar-refractivity contribution in [3.63, 3.8) is 0 Å². The van der Waals surface area contributed by atoms with Gasteiger partial charge in [-0.1, -0.05) is 36.4 Å². The zero-order valence-corrected chi connectivity index (χ0v) is 17.4. The predicted octanol–water partition coefficient (Wildman–Crippen LogP) is 5.99. The van der Waals surface area contributed by atoms with Crippen LogP contribution in [0.5, 0.6) is 0 Å². The summed E-state index contributed by atoms with van der Waals surface area (Å²) in [7, 11) is 0. The summed E-state index contributed by atoms with van der Waals surface area (Å²) in [6.07, 6.45) is 3.50. The third kappa shape index (κ3) is 4.22. The minimum Gasteiger partial charge on any atom is -0.260 e. The van der Waals surface area contributed by atoms with E-state index in [2.05, 4.69) is 56.9 Å². The maximum atomic E-state index is 4.82. The number of aromatic nitrogens is 2. The molecule has 1 heterocycles. The molecule has 0 atom stereocenters. The number of aryl methyl sites for hydroxylation is 4. The molecule has 0 saturated heterocycles. The van der Waals surface area contributed by atoms with Crippen LogP contribution in [0.25, 0.3) is 0 Å². The molecular formula is C24H26N4. The number of nitrogens with zero attached hydrogens (tertiary/aromatic N) is 4. The van der Waals surface area contributed by atoms with Crippen LogP contribution in [0, 0.1) is 27.7 Å². The lowest BCUT2D eigenvalue weighted by molar-refractivity contribution is 1.14. The van der Waals surface area contributed by atoms with Gasteiger partial charge < -0.3 is 0 Å². The van der Waals surface area contributed by atoms with Crippen molar-refractivity contribution in [3.05, 3.63) is 82.4 Å². The zero-order chi connectivity index (χ0) is 20.3. The Morgan fingerprint density at radius 2 is 1.00 bits per heavy atom. The average Bonchev–Trinajstić information content (AvgIpc) is 2.67. The fourth-order valence-electron chi connectivity index (χ4n) is 3.13. The standard InChI is InChI=1S/C24H26N4/c1-15-9-7-10-16(2)23(15)26-19(5)21-13-25-14-22(28-21)20(6)27-24-17(3)11-8-12-18(24)4/h7-14H,1-6H3/b26-19+,27-20+. The van der Waals surface area contributed by atoms with Crippen LogP contribution in [0.4, 0.5) is 11.4 Å². The van der Waals surface area contributed by atoms with Gasteiger partial charge in [0.1, 0.15) is 11.4 Å². The molecule has 0 fully saturated rings. The van der Waals surface area contributed by atoms with Gasteiger partial charge in [-0.05, 0) is 63.8 Å². The van der Waals surface area contributed by atoms with Crippen LogP contribution in [0.2, 0.25) is 0 Å². The average molecular weight is 371 g/mol. The number of para-hydroxylation sites is 2. The SMILES string of the molecule is C/C(=N\c1c(C)cccc1C)c1cncc(/C(C)=N/c2c(C)cccc2C)n1. The maximum Gasteiger partial charge on any atom is 0.103 e. The largest absolute Gasteiger partial charge is 0.260 e. The van der Waals surface area contributed by atoms with Crippen LogP contribution < -0.4 is 0 Å². The highest BCUT2D eigenvalue weighted by Crippen LogP contribution is 2.25. The monoisotopic (exact) mass is 370 g/mol. The molecule has 0 unspecified atom stereocenters. The Morgan fingerprint density at radius 1 is 0.643 bits per heavy atom. The summed E-state index contributed by atoms with van der Waals surface area (Å²) in [5.74, 6) is 0. The molecule has 0 aliphatic carbocycles. The first kappa shape index (κ1) is 19.6. The molecule has 28 heavy (non-hydrogen) atoms. The lowest BCUT2D eigenvalue weighted by atomic mass is 10.1. The molecule has 0 bridgehead atoms. The minimum absolute atomic E-state index is 0.760. The maximum absolute atomic E-state index is 4.82. The van der Waals surface area contributed by atoms with Crippen molar-refractivity contribution >= 4 is 22.8 Å². The summed E-state index contributed by atoms with van der Waals surface area (Å²) < 4.78 is 0. The summed E-state index contributed by atoms with van der Waals surface area (Å²) in [5.41, 5.74) is 9.78. The zero-order valence-electron chi connectivity index (χ0n) is 17.4. The highest BCUT2D eigenvalue weighted by Gasteiger charge is 2.08. The highest BCUT2D eigenvalue weighted by molar-refractivity contribution is 6.02. The summed E-state index contributed by atoms with van der Waals surface area (Å²) in [5, 5.41) is 0. The van der Waals surface area contributed by atoms with Crippen molar-refractivity contribution in [2.75, 3.05) is 0 Å². The molecule has 0 spiro atoms. The number of hydrogen-bond acceptors (Lipinski definition) is 4. The molecular weight excluding hydrogens is 344 g/mol. The van der Waals surface area contributed by atoms with E-state index in [1.807, 2.05) is 26.0 Å². The van der Waals surface area contributed by atoms with Gasteiger partial charge in [-0.15, -0.1) is 0 Å². The Bertz CT molecular complexity index is 954. The van der Waals surface area contributed by atoms with Crippen LogP contribution in [0.3, 0.4) is 0 Å². The van der Waals surface area contributed by atoms with Crippen molar-refractivity contribution in [1.82, 2.24) is 9.97 Å². The van der Waals surface area contributed by atoms with E-state index in [0.717, 1.165) is 56.4 Å². The van der Waals surface area contributed by atoms with Crippen molar-refractivity contribution in [2.45, 2.75) is 41.5 Å². The molecule has 142 valence electrons. The topological polar surface area (TPSA) is 50.5 Å². The highest BCUT2D eigenvalue weighted by atomic mass is 14.9.